The van der Waals surface area contributed by atoms with Gasteiger partial charge in [-0.15, -0.1) is 0 Å². The Balaban J connectivity index is 2.46. The van der Waals surface area contributed by atoms with Crippen molar-refractivity contribution in [2.75, 3.05) is 13.1 Å². The van der Waals surface area contributed by atoms with Gasteiger partial charge in [-0.3, -0.25) is 0 Å². The number of hydrogen-bond donors (Lipinski definition) is 2. The topological polar surface area (TPSA) is 38.0 Å². The van der Waals surface area contributed by atoms with Crippen LogP contribution in [0.2, 0.25) is 0 Å². The average molecular weight is 246 g/mol. The van der Waals surface area contributed by atoms with Crippen molar-refractivity contribution < 1.29 is 13.2 Å². The van der Waals surface area contributed by atoms with Crippen LogP contribution >= 0.6 is 0 Å². The van der Waals surface area contributed by atoms with Gasteiger partial charge in [0.15, 0.2) is 0 Å². The van der Waals surface area contributed by atoms with Crippen molar-refractivity contribution in [1.82, 2.24) is 5.32 Å². The van der Waals surface area contributed by atoms with Gasteiger partial charge in [-0.05, 0) is 37.6 Å². The third kappa shape index (κ3) is 4.75. The first-order valence-electron chi connectivity index (χ1n) is 5.53. The summed E-state index contributed by atoms with van der Waals surface area (Å²) in [5.74, 6) is 0. The largest absolute Gasteiger partial charge is 0.416 e. The predicted molar refractivity (Wildman–Crippen MR) is 61.7 cm³/mol. The molecule has 0 saturated heterocycles. The molecule has 96 valence electrons. The molecule has 5 heteroatoms. The highest BCUT2D eigenvalue weighted by atomic mass is 19.4. The van der Waals surface area contributed by atoms with Gasteiger partial charge in [0.25, 0.3) is 0 Å². The van der Waals surface area contributed by atoms with E-state index in [1.54, 1.807) is 0 Å². The molecular weight excluding hydrogens is 229 g/mol. The molecule has 0 radical (unpaired) electrons. The third-order valence-electron chi connectivity index (χ3n) is 2.54. The van der Waals surface area contributed by atoms with Crippen molar-refractivity contribution in [3.05, 3.63) is 35.4 Å². The van der Waals surface area contributed by atoms with Crippen LogP contribution in [0.15, 0.2) is 24.3 Å². The Morgan fingerprint density at radius 3 is 2.29 bits per heavy atom. The van der Waals surface area contributed by atoms with Crippen LogP contribution in [0.5, 0.6) is 0 Å². The third-order valence-corrected chi connectivity index (χ3v) is 2.54. The second-order valence-electron chi connectivity index (χ2n) is 4.04. The van der Waals surface area contributed by atoms with Gasteiger partial charge >= 0.3 is 6.18 Å². The molecule has 3 N–H and O–H groups in total. The van der Waals surface area contributed by atoms with Crippen molar-refractivity contribution in [2.24, 2.45) is 5.73 Å². The number of hydrogen-bond acceptors (Lipinski definition) is 2. The molecule has 0 heterocycles. The normalized spacial score (nSPS) is 13.7. The van der Waals surface area contributed by atoms with Crippen LogP contribution in [-0.2, 0) is 12.6 Å². The van der Waals surface area contributed by atoms with E-state index < -0.39 is 11.7 Å². The van der Waals surface area contributed by atoms with Crippen LogP contribution in [0.1, 0.15) is 18.1 Å². The molecule has 0 aliphatic heterocycles. The number of nitrogens with two attached hydrogens (primary N) is 1. The summed E-state index contributed by atoms with van der Waals surface area (Å²) in [6.07, 6.45) is -3.56. The minimum absolute atomic E-state index is 0.226. The molecule has 0 bridgehead atoms. The first-order valence-corrected chi connectivity index (χ1v) is 5.53. The quantitative estimate of drug-likeness (QED) is 0.835. The summed E-state index contributed by atoms with van der Waals surface area (Å²) in [6.45, 7) is 3.23. The molecular formula is C12H17F3N2. The molecule has 1 aromatic carbocycles. The lowest BCUT2D eigenvalue weighted by atomic mass is 10.1. The summed E-state index contributed by atoms with van der Waals surface area (Å²) in [6, 6.07) is 5.47. The molecule has 0 amide bonds. The zero-order valence-electron chi connectivity index (χ0n) is 9.72. The van der Waals surface area contributed by atoms with Crippen molar-refractivity contribution >= 4 is 0 Å². The fourth-order valence-corrected chi connectivity index (χ4v) is 1.41. The monoisotopic (exact) mass is 246 g/mol. The predicted octanol–water partition coefficient (Wildman–Crippen LogP) is 2.18. The van der Waals surface area contributed by atoms with Gasteiger partial charge in [-0.25, -0.2) is 0 Å². The first kappa shape index (κ1) is 14.0. The molecule has 0 aliphatic rings. The minimum atomic E-state index is -4.26. The van der Waals surface area contributed by atoms with E-state index in [-0.39, 0.29) is 6.04 Å². The number of benzene rings is 1. The second kappa shape index (κ2) is 6.02. The van der Waals surface area contributed by atoms with E-state index in [1.165, 1.54) is 12.1 Å². The van der Waals surface area contributed by atoms with Gasteiger partial charge in [0.1, 0.15) is 0 Å². The standard InChI is InChI=1S/C12H17F3N2/c1-9(8-16)17-7-6-10-2-4-11(5-3-10)12(13,14)15/h2-5,9,17H,6-8,16H2,1H3/t9-/m0/s1. The summed E-state index contributed by atoms with van der Waals surface area (Å²) >= 11 is 0. The summed E-state index contributed by atoms with van der Waals surface area (Å²) in [5, 5.41) is 3.18. The van der Waals surface area contributed by atoms with Gasteiger partial charge in [-0.1, -0.05) is 12.1 Å². The van der Waals surface area contributed by atoms with E-state index in [4.69, 9.17) is 5.73 Å². The highest BCUT2D eigenvalue weighted by Gasteiger charge is 2.29. The lowest BCUT2D eigenvalue weighted by molar-refractivity contribution is -0.137. The fraction of sp³-hybridized carbons (Fsp3) is 0.500. The van der Waals surface area contributed by atoms with Crippen LogP contribution in [-0.4, -0.2) is 19.1 Å². The van der Waals surface area contributed by atoms with E-state index in [2.05, 4.69) is 5.32 Å². The lowest BCUT2D eigenvalue weighted by Gasteiger charge is -2.11. The molecule has 17 heavy (non-hydrogen) atoms. The van der Waals surface area contributed by atoms with Gasteiger partial charge < -0.3 is 11.1 Å². The van der Waals surface area contributed by atoms with E-state index in [9.17, 15) is 13.2 Å². The Morgan fingerprint density at radius 1 is 1.24 bits per heavy atom. The smallest absolute Gasteiger partial charge is 0.329 e. The highest BCUT2D eigenvalue weighted by Crippen LogP contribution is 2.29. The van der Waals surface area contributed by atoms with E-state index >= 15 is 0 Å². The number of alkyl halides is 3. The van der Waals surface area contributed by atoms with Gasteiger partial charge in [-0.2, -0.15) is 13.2 Å². The van der Waals surface area contributed by atoms with Gasteiger partial charge in [0, 0.05) is 12.6 Å². The molecule has 0 aromatic heterocycles. The lowest BCUT2D eigenvalue weighted by Crippen LogP contribution is -2.34. The number of nitrogens with one attached hydrogen (secondary N) is 1. The second-order valence-corrected chi connectivity index (χ2v) is 4.04. The van der Waals surface area contributed by atoms with Crippen molar-refractivity contribution in [2.45, 2.75) is 25.6 Å². The summed E-state index contributed by atoms with van der Waals surface area (Å²) in [4.78, 5) is 0. The zero-order chi connectivity index (χ0) is 12.9. The van der Waals surface area contributed by atoms with Crippen molar-refractivity contribution in [1.29, 1.82) is 0 Å². The molecule has 0 spiro atoms. The summed E-state index contributed by atoms with van der Waals surface area (Å²) in [7, 11) is 0. The maximum Gasteiger partial charge on any atom is 0.416 e. The summed E-state index contributed by atoms with van der Waals surface area (Å²) < 4.78 is 36.9. The minimum Gasteiger partial charge on any atom is -0.329 e. The van der Waals surface area contributed by atoms with E-state index in [1.807, 2.05) is 6.92 Å². The summed E-state index contributed by atoms with van der Waals surface area (Å²) in [5.41, 5.74) is 5.71. The molecule has 1 rings (SSSR count). The van der Waals surface area contributed by atoms with Gasteiger partial charge in [0.05, 0.1) is 5.56 Å². The SMILES string of the molecule is C[C@@H](CN)NCCc1ccc(C(F)(F)F)cc1. The number of halogens is 3. The molecule has 2 nitrogen and oxygen atoms in total. The molecule has 1 aromatic rings. The molecule has 0 saturated carbocycles. The molecule has 0 unspecified atom stereocenters. The zero-order valence-corrected chi connectivity index (χ0v) is 9.72. The Hall–Kier alpha value is -1.07. The van der Waals surface area contributed by atoms with Crippen LogP contribution in [0.3, 0.4) is 0 Å². The van der Waals surface area contributed by atoms with Crippen LogP contribution in [0.4, 0.5) is 13.2 Å². The van der Waals surface area contributed by atoms with Crippen LogP contribution in [0.25, 0.3) is 0 Å². The van der Waals surface area contributed by atoms with Crippen LogP contribution in [0, 0.1) is 0 Å². The Labute approximate surface area is 99.0 Å². The maximum atomic E-state index is 12.3. The fourth-order valence-electron chi connectivity index (χ4n) is 1.41. The first-order chi connectivity index (χ1) is 7.93. The molecule has 1 atom stereocenters. The van der Waals surface area contributed by atoms with E-state index in [0.717, 1.165) is 17.7 Å². The number of rotatable bonds is 5. The Morgan fingerprint density at radius 2 is 1.82 bits per heavy atom. The Kier molecular flexibility index (Phi) is 4.96. The maximum absolute atomic E-state index is 12.3. The average Bonchev–Trinajstić information content (AvgIpc) is 2.28. The highest BCUT2D eigenvalue weighted by molar-refractivity contribution is 5.24. The van der Waals surface area contributed by atoms with Crippen molar-refractivity contribution in [3.8, 4) is 0 Å². The Bertz CT molecular complexity index is 333. The molecule has 0 aliphatic carbocycles. The van der Waals surface area contributed by atoms with Crippen molar-refractivity contribution in [3.63, 3.8) is 0 Å². The van der Waals surface area contributed by atoms with Gasteiger partial charge in [0.2, 0.25) is 0 Å². The van der Waals surface area contributed by atoms with Crippen LogP contribution < -0.4 is 11.1 Å². The van der Waals surface area contributed by atoms with E-state index in [0.29, 0.717) is 19.5 Å². The molecule has 0 fully saturated rings.